The van der Waals surface area contributed by atoms with Crippen LogP contribution in [-0.4, -0.2) is 9.91 Å². The molecule has 2 aromatic rings. The maximum Gasteiger partial charge on any atom is 0.270 e. The second-order valence-corrected chi connectivity index (χ2v) is 5.28. The van der Waals surface area contributed by atoms with Gasteiger partial charge in [0, 0.05) is 41.6 Å². The summed E-state index contributed by atoms with van der Waals surface area (Å²) in [6.07, 6.45) is 3.56. The fraction of sp³-hybridized carbons (Fsp3) is 0.214. The third kappa shape index (κ3) is 3.61. The van der Waals surface area contributed by atoms with Crippen molar-refractivity contribution in [1.29, 1.82) is 0 Å². The van der Waals surface area contributed by atoms with Crippen molar-refractivity contribution in [3.05, 3.63) is 68.4 Å². The van der Waals surface area contributed by atoms with Crippen LogP contribution in [0.2, 0.25) is 0 Å². The van der Waals surface area contributed by atoms with E-state index in [4.69, 9.17) is 0 Å². The number of nitro groups is 1. The molecule has 1 aromatic carbocycles. The van der Waals surface area contributed by atoms with Gasteiger partial charge in [-0.3, -0.25) is 15.1 Å². The van der Waals surface area contributed by atoms with Crippen LogP contribution in [0.25, 0.3) is 0 Å². The average Bonchev–Trinajstić information content (AvgIpc) is 2.46. The molecule has 2 rings (SSSR count). The molecular weight excluding hydrogens is 322 g/mol. The molecule has 1 heterocycles. The Morgan fingerprint density at radius 2 is 2.25 bits per heavy atom. The molecule has 0 fully saturated rings. The molecule has 104 valence electrons. The predicted octanol–water partition coefficient (Wildman–Crippen LogP) is 3.60. The largest absolute Gasteiger partial charge is 0.306 e. The van der Waals surface area contributed by atoms with Gasteiger partial charge in [0.15, 0.2) is 0 Å². The van der Waals surface area contributed by atoms with Crippen LogP contribution in [0.5, 0.6) is 0 Å². The highest BCUT2D eigenvalue weighted by Gasteiger charge is 2.10. The van der Waals surface area contributed by atoms with E-state index in [0.717, 1.165) is 15.6 Å². The second kappa shape index (κ2) is 6.58. The highest BCUT2D eigenvalue weighted by atomic mass is 79.9. The lowest BCUT2D eigenvalue weighted by Gasteiger charge is -2.14. The van der Waals surface area contributed by atoms with Gasteiger partial charge in [-0.2, -0.15) is 0 Å². The molecule has 0 saturated carbocycles. The van der Waals surface area contributed by atoms with Gasteiger partial charge >= 0.3 is 0 Å². The van der Waals surface area contributed by atoms with Crippen molar-refractivity contribution in [3.63, 3.8) is 0 Å². The molecule has 0 bridgehead atoms. The molecule has 0 unspecified atom stereocenters. The predicted molar refractivity (Wildman–Crippen MR) is 80.3 cm³/mol. The van der Waals surface area contributed by atoms with Gasteiger partial charge in [0.05, 0.1) is 4.92 Å². The van der Waals surface area contributed by atoms with Crippen molar-refractivity contribution in [3.8, 4) is 0 Å². The van der Waals surface area contributed by atoms with Crippen molar-refractivity contribution >= 4 is 21.6 Å². The van der Waals surface area contributed by atoms with Gasteiger partial charge in [-0.15, -0.1) is 0 Å². The molecule has 6 heteroatoms. The zero-order valence-corrected chi connectivity index (χ0v) is 12.5. The van der Waals surface area contributed by atoms with Gasteiger partial charge < -0.3 is 5.32 Å². The number of pyridine rings is 1. The minimum Gasteiger partial charge on any atom is -0.306 e. The van der Waals surface area contributed by atoms with Crippen LogP contribution >= 0.6 is 15.9 Å². The number of rotatable bonds is 5. The third-order valence-electron chi connectivity index (χ3n) is 3.03. The summed E-state index contributed by atoms with van der Waals surface area (Å²) in [6.45, 7) is 2.67. The van der Waals surface area contributed by atoms with Gasteiger partial charge in [0.2, 0.25) is 0 Å². The number of halogens is 1. The van der Waals surface area contributed by atoms with Crippen molar-refractivity contribution in [1.82, 2.24) is 10.3 Å². The van der Waals surface area contributed by atoms with Crippen molar-refractivity contribution in [2.45, 2.75) is 19.5 Å². The zero-order valence-electron chi connectivity index (χ0n) is 10.9. The maximum atomic E-state index is 10.7. The molecule has 0 aliphatic heterocycles. The van der Waals surface area contributed by atoms with E-state index in [1.54, 1.807) is 12.3 Å². The summed E-state index contributed by atoms with van der Waals surface area (Å²) in [5, 5.41) is 14.0. The first-order valence-electron chi connectivity index (χ1n) is 6.14. The van der Waals surface area contributed by atoms with Crippen LogP contribution < -0.4 is 5.32 Å². The molecule has 0 spiro atoms. The molecule has 1 atom stereocenters. The summed E-state index contributed by atoms with van der Waals surface area (Å²) in [7, 11) is 0. The van der Waals surface area contributed by atoms with Crippen molar-refractivity contribution in [2.75, 3.05) is 0 Å². The molecule has 0 amide bonds. The fourth-order valence-corrected chi connectivity index (χ4v) is 2.31. The molecule has 0 aliphatic carbocycles. The smallest absolute Gasteiger partial charge is 0.270 e. The quantitative estimate of drug-likeness (QED) is 0.669. The van der Waals surface area contributed by atoms with E-state index in [0.29, 0.717) is 6.54 Å². The minimum atomic E-state index is -0.403. The molecule has 20 heavy (non-hydrogen) atoms. The standard InChI is InChI=1S/C14H14BrN3O2/c1-10(11-3-2-6-16-8-11)17-9-12-4-5-13(18(19)20)7-14(12)15/h2-8,10,17H,9H2,1H3/t10-/m1/s1. The number of nitrogens with zero attached hydrogens (tertiary/aromatic N) is 2. The molecule has 1 N–H and O–H groups in total. The fourth-order valence-electron chi connectivity index (χ4n) is 1.81. The first-order chi connectivity index (χ1) is 9.58. The van der Waals surface area contributed by atoms with Gasteiger partial charge in [0.1, 0.15) is 0 Å². The summed E-state index contributed by atoms with van der Waals surface area (Å²) in [6, 6.07) is 8.85. The first-order valence-corrected chi connectivity index (χ1v) is 6.93. The Morgan fingerprint density at radius 1 is 1.45 bits per heavy atom. The van der Waals surface area contributed by atoms with Crippen LogP contribution in [0.1, 0.15) is 24.1 Å². The number of aromatic nitrogens is 1. The lowest BCUT2D eigenvalue weighted by molar-refractivity contribution is -0.384. The monoisotopic (exact) mass is 335 g/mol. The number of benzene rings is 1. The van der Waals surface area contributed by atoms with Gasteiger partial charge in [-0.05, 0) is 30.2 Å². The lowest BCUT2D eigenvalue weighted by Crippen LogP contribution is -2.18. The Balaban J connectivity index is 2.02. The van der Waals surface area contributed by atoms with Gasteiger partial charge in [-0.25, -0.2) is 0 Å². The SMILES string of the molecule is C[C@@H](NCc1ccc([N+](=O)[O-])cc1Br)c1cccnc1. The summed E-state index contributed by atoms with van der Waals surface area (Å²) in [5.41, 5.74) is 2.16. The molecule has 0 radical (unpaired) electrons. The number of hydrogen-bond acceptors (Lipinski definition) is 4. The molecule has 0 aliphatic rings. The van der Waals surface area contributed by atoms with Crippen LogP contribution in [-0.2, 0) is 6.54 Å². The summed E-state index contributed by atoms with van der Waals surface area (Å²) in [5.74, 6) is 0. The lowest BCUT2D eigenvalue weighted by atomic mass is 10.1. The normalized spacial score (nSPS) is 12.1. The van der Waals surface area contributed by atoms with E-state index in [1.807, 2.05) is 18.3 Å². The van der Waals surface area contributed by atoms with Crippen LogP contribution in [0.4, 0.5) is 5.69 Å². The molecular formula is C14H14BrN3O2. The van der Waals surface area contributed by atoms with E-state index in [2.05, 4.69) is 33.2 Å². The molecule has 5 nitrogen and oxygen atoms in total. The van der Waals surface area contributed by atoms with Gasteiger partial charge in [0.25, 0.3) is 5.69 Å². The first kappa shape index (κ1) is 14.6. The number of nitro benzene ring substituents is 1. The van der Waals surface area contributed by atoms with Crippen LogP contribution in [0, 0.1) is 10.1 Å². The number of non-ortho nitro benzene ring substituents is 1. The average molecular weight is 336 g/mol. The Morgan fingerprint density at radius 3 is 2.85 bits per heavy atom. The van der Waals surface area contributed by atoms with E-state index < -0.39 is 4.92 Å². The highest BCUT2D eigenvalue weighted by molar-refractivity contribution is 9.10. The van der Waals surface area contributed by atoms with E-state index in [-0.39, 0.29) is 11.7 Å². The summed E-state index contributed by atoms with van der Waals surface area (Å²) in [4.78, 5) is 14.4. The van der Waals surface area contributed by atoms with Crippen LogP contribution in [0.3, 0.4) is 0 Å². The summed E-state index contributed by atoms with van der Waals surface area (Å²) >= 11 is 3.37. The van der Waals surface area contributed by atoms with Gasteiger partial charge in [-0.1, -0.05) is 22.0 Å². The number of nitrogens with one attached hydrogen (secondary N) is 1. The second-order valence-electron chi connectivity index (χ2n) is 4.42. The topological polar surface area (TPSA) is 68.1 Å². The van der Waals surface area contributed by atoms with Crippen LogP contribution in [0.15, 0.2) is 47.2 Å². The van der Waals surface area contributed by atoms with E-state index >= 15 is 0 Å². The summed E-state index contributed by atoms with van der Waals surface area (Å²) < 4.78 is 0.734. The van der Waals surface area contributed by atoms with E-state index in [1.165, 1.54) is 12.1 Å². The Hall–Kier alpha value is -1.79. The minimum absolute atomic E-state index is 0.0842. The maximum absolute atomic E-state index is 10.7. The number of hydrogen-bond donors (Lipinski definition) is 1. The Labute approximate surface area is 125 Å². The molecule has 1 aromatic heterocycles. The molecule has 0 saturated heterocycles. The van der Waals surface area contributed by atoms with E-state index in [9.17, 15) is 10.1 Å². The van der Waals surface area contributed by atoms with Crippen molar-refractivity contribution < 1.29 is 4.92 Å². The zero-order chi connectivity index (χ0) is 14.5. The highest BCUT2D eigenvalue weighted by Crippen LogP contribution is 2.23. The Kier molecular flexibility index (Phi) is 4.81. The third-order valence-corrected chi connectivity index (χ3v) is 3.77. The Bertz CT molecular complexity index is 605. The van der Waals surface area contributed by atoms with Crippen molar-refractivity contribution in [2.24, 2.45) is 0 Å².